The lowest BCUT2D eigenvalue weighted by molar-refractivity contribution is 0.0722. The Morgan fingerprint density at radius 3 is 2.38 bits per heavy atom. The number of aryl methyl sites for hydroxylation is 2. The van der Waals surface area contributed by atoms with Gasteiger partial charge in [-0.1, -0.05) is 60.2 Å². The average molecular weight is 430 g/mol. The zero-order valence-electron chi connectivity index (χ0n) is 19.3. The van der Waals surface area contributed by atoms with E-state index in [1.807, 2.05) is 56.3 Å². The molecular formula is C27H31N3O2. The Morgan fingerprint density at radius 1 is 0.906 bits per heavy atom. The molecule has 0 spiro atoms. The van der Waals surface area contributed by atoms with Crippen LogP contribution in [0.5, 0.6) is 0 Å². The number of aromatic nitrogens is 1. The van der Waals surface area contributed by atoms with E-state index in [9.17, 15) is 4.79 Å². The van der Waals surface area contributed by atoms with Gasteiger partial charge in [0.25, 0.3) is 5.91 Å². The normalized spacial score (nSPS) is 11.4. The second-order valence-electron chi connectivity index (χ2n) is 8.73. The summed E-state index contributed by atoms with van der Waals surface area (Å²) < 4.78 is 7.99. The zero-order valence-corrected chi connectivity index (χ0v) is 19.3. The summed E-state index contributed by atoms with van der Waals surface area (Å²) in [5.74, 6) is 0.869. The molecule has 32 heavy (non-hydrogen) atoms. The first-order valence-corrected chi connectivity index (χ1v) is 11.0. The van der Waals surface area contributed by atoms with Gasteiger partial charge in [0.15, 0.2) is 5.58 Å². The van der Waals surface area contributed by atoms with Crippen molar-refractivity contribution in [2.24, 2.45) is 0 Å². The maximum Gasteiger partial charge on any atom is 0.270 e. The predicted octanol–water partition coefficient (Wildman–Crippen LogP) is 5.10. The number of rotatable bonds is 8. The van der Waals surface area contributed by atoms with Gasteiger partial charge in [-0.2, -0.15) is 0 Å². The van der Waals surface area contributed by atoms with Crippen molar-refractivity contribution in [1.82, 2.24) is 14.4 Å². The Labute approximate surface area is 189 Å². The van der Waals surface area contributed by atoms with Gasteiger partial charge in [0.1, 0.15) is 11.5 Å². The van der Waals surface area contributed by atoms with E-state index in [0.717, 1.165) is 29.0 Å². The molecule has 2 aromatic heterocycles. The minimum absolute atomic E-state index is 0.0207. The Bertz CT molecular complexity index is 1200. The molecule has 5 heteroatoms. The molecule has 4 rings (SSSR count). The predicted molar refractivity (Wildman–Crippen MR) is 129 cm³/mol. The van der Waals surface area contributed by atoms with Crippen LogP contribution in [-0.4, -0.2) is 47.5 Å². The van der Waals surface area contributed by atoms with E-state index < -0.39 is 0 Å². The third-order valence-corrected chi connectivity index (χ3v) is 5.68. The minimum atomic E-state index is 0.0207. The van der Waals surface area contributed by atoms with E-state index in [-0.39, 0.29) is 5.91 Å². The largest absolute Gasteiger partial charge is 0.460 e. The van der Waals surface area contributed by atoms with Gasteiger partial charge in [0, 0.05) is 38.3 Å². The van der Waals surface area contributed by atoms with Crippen LogP contribution in [0, 0.1) is 13.8 Å². The monoisotopic (exact) mass is 429 g/mol. The van der Waals surface area contributed by atoms with Gasteiger partial charge >= 0.3 is 0 Å². The fourth-order valence-corrected chi connectivity index (χ4v) is 4.04. The van der Waals surface area contributed by atoms with Crippen LogP contribution in [-0.2, 0) is 13.1 Å². The molecule has 0 aliphatic heterocycles. The number of furan rings is 1. The molecule has 0 aliphatic carbocycles. The molecule has 1 amide bonds. The molecule has 4 aromatic rings. The van der Waals surface area contributed by atoms with Crippen molar-refractivity contribution in [3.63, 3.8) is 0 Å². The summed E-state index contributed by atoms with van der Waals surface area (Å²) in [7, 11) is 4.06. The number of hydrogen-bond acceptors (Lipinski definition) is 3. The lowest BCUT2D eigenvalue weighted by Crippen LogP contribution is -2.37. The highest BCUT2D eigenvalue weighted by Gasteiger charge is 2.23. The first-order valence-electron chi connectivity index (χ1n) is 11.0. The van der Waals surface area contributed by atoms with Crippen molar-refractivity contribution in [3.8, 4) is 0 Å². The van der Waals surface area contributed by atoms with Crippen LogP contribution < -0.4 is 0 Å². The number of carbonyl (C=O) groups excluding carboxylic acids is 1. The quantitative estimate of drug-likeness (QED) is 0.391. The highest BCUT2D eigenvalue weighted by Crippen LogP contribution is 2.26. The molecular weight excluding hydrogens is 398 g/mol. The number of hydrogen-bond donors (Lipinski definition) is 0. The number of nitrogens with zero attached hydrogens (tertiary/aromatic N) is 3. The van der Waals surface area contributed by atoms with Gasteiger partial charge in [0.05, 0.1) is 5.52 Å². The highest BCUT2D eigenvalue weighted by atomic mass is 16.3. The molecule has 0 bridgehead atoms. The average Bonchev–Trinajstić information content (AvgIpc) is 3.28. The van der Waals surface area contributed by atoms with E-state index >= 15 is 0 Å². The van der Waals surface area contributed by atoms with Crippen molar-refractivity contribution < 1.29 is 9.21 Å². The van der Waals surface area contributed by atoms with Crippen LogP contribution >= 0.6 is 0 Å². The van der Waals surface area contributed by atoms with E-state index in [4.69, 9.17) is 4.42 Å². The Morgan fingerprint density at radius 2 is 1.66 bits per heavy atom. The number of fused-ring (bicyclic) bond motifs is 1. The van der Waals surface area contributed by atoms with E-state index in [1.54, 1.807) is 0 Å². The first-order chi connectivity index (χ1) is 15.4. The van der Waals surface area contributed by atoms with Gasteiger partial charge in [0.2, 0.25) is 0 Å². The van der Waals surface area contributed by atoms with Gasteiger partial charge < -0.3 is 18.8 Å². The summed E-state index contributed by atoms with van der Waals surface area (Å²) >= 11 is 0. The minimum Gasteiger partial charge on any atom is -0.460 e. The van der Waals surface area contributed by atoms with Gasteiger partial charge in [-0.25, -0.2) is 0 Å². The summed E-state index contributed by atoms with van der Waals surface area (Å²) in [5, 5.41) is 0. The van der Waals surface area contributed by atoms with Crippen LogP contribution in [0.2, 0.25) is 0 Å². The van der Waals surface area contributed by atoms with Crippen LogP contribution in [0.4, 0.5) is 0 Å². The third-order valence-electron chi connectivity index (χ3n) is 5.68. The Kier molecular flexibility index (Phi) is 6.47. The summed E-state index contributed by atoms with van der Waals surface area (Å²) in [5.41, 5.74) is 5.87. The summed E-state index contributed by atoms with van der Waals surface area (Å²) in [4.78, 5) is 17.9. The van der Waals surface area contributed by atoms with Gasteiger partial charge in [-0.05, 0) is 39.1 Å². The summed E-state index contributed by atoms with van der Waals surface area (Å²) in [6, 6.07) is 22.5. The molecule has 0 saturated carbocycles. The van der Waals surface area contributed by atoms with Crippen molar-refractivity contribution in [3.05, 3.63) is 94.9 Å². The molecule has 166 valence electrons. The standard InChI is InChI=1S/C27H31N3O2/c1-20-9-8-12-23(15-20)19-30-24-16-21(2)32-26(24)17-25(30)27(31)29(14-13-28(3)4)18-22-10-6-5-7-11-22/h5-12,15-17H,13-14,18-19H2,1-4H3. The second kappa shape index (κ2) is 9.45. The number of carbonyl (C=O) groups is 1. The van der Waals surface area contributed by atoms with E-state index in [2.05, 4.69) is 52.8 Å². The van der Waals surface area contributed by atoms with Crippen molar-refractivity contribution in [2.75, 3.05) is 27.2 Å². The number of likely N-dealkylation sites (N-methyl/N-ethyl adjacent to an activating group) is 1. The molecule has 2 aromatic carbocycles. The topological polar surface area (TPSA) is 41.6 Å². The van der Waals surface area contributed by atoms with Crippen molar-refractivity contribution >= 4 is 17.0 Å². The fraction of sp³-hybridized carbons (Fsp3) is 0.296. The molecule has 0 fully saturated rings. The molecule has 0 saturated heterocycles. The van der Waals surface area contributed by atoms with Crippen LogP contribution in [0.25, 0.3) is 11.1 Å². The Balaban J connectivity index is 1.71. The zero-order chi connectivity index (χ0) is 22.7. The Hall–Kier alpha value is -3.31. The molecule has 0 N–H and O–H groups in total. The molecule has 0 radical (unpaired) electrons. The number of benzene rings is 2. The third kappa shape index (κ3) is 4.94. The lowest BCUT2D eigenvalue weighted by Gasteiger charge is -2.25. The van der Waals surface area contributed by atoms with Crippen molar-refractivity contribution in [2.45, 2.75) is 26.9 Å². The smallest absolute Gasteiger partial charge is 0.270 e. The second-order valence-corrected chi connectivity index (χ2v) is 8.73. The maximum atomic E-state index is 13.8. The molecule has 0 atom stereocenters. The van der Waals surface area contributed by atoms with Gasteiger partial charge in [-0.15, -0.1) is 0 Å². The molecule has 0 unspecified atom stereocenters. The fourth-order valence-electron chi connectivity index (χ4n) is 4.04. The highest BCUT2D eigenvalue weighted by molar-refractivity contribution is 5.97. The van der Waals surface area contributed by atoms with Crippen LogP contribution in [0.1, 0.15) is 32.9 Å². The van der Waals surface area contributed by atoms with Crippen LogP contribution in [0.15, 0.2) is 71.1 Å². The lowest BCUT2D eigenvalue weighted by atomic mass is 10.1. The van der Waals surface area contributed by atoms with Crippen molar-refractivity contribution in [1.29, 1.82) is 0 Å². The van der Waals surface area contributed by atoms with E-state index in [1.165, 1.54) is 11.1 Å². The SMILES string of the molecule is Cc1cccc(Cn2c(C(=O)N(CCN(C)C)Cc3ccccc3)cc3oc(C)cc32)c1. The van der Waals surface area contributed by atoms with E-state index in [0.29, 0.717) is 25.3 Å². The molecule has 0 aliphatic rings. The summed E-state index contributed by atoms with van der Waals surface area (Å²) in [6.07, 6.45) is 0. The molecule has 5 nitrogen and oxygen atoms in total. The van der Waals surface area contributed by atoms with Gasteiger partial charge in [-0.3, -0.25) is 4.79 Å². The maximum absolute atomic E-state index is 13.8. The molecule has 2 heterocycles. The van der Waals surface area contributed by atoms with Crippen LogP contribution in [0.3, 0.4) is 0 Å². The number of amides is 1. The summed E-state index contributed by atoms with van der Waals surface area (Å²) in [6.45, 7) is 6.67. The first kappa shape index (κ1) is 21.9.